The quantitative estimate of drug-likeness (QED) is 0.504. The van der Waals surface area contributed by atoms with Crippen molar-refractivity contribution in [3.05, 3.63) is 65.4 Å². The summed E-state index contributed by atoms with van der Waals surface area (Å²) in [6.45, 7) is 1.77. The van der Waals surface area contributed by atoms with Crippen molar-refractivity contribution >= 4 is 23.0 Å². The maximum absolute atomic E-state index is 14.2. The molecule has 0 saturated carbocycles. The van der Waals surface area contributed by atoms with Crippen molar-refractivity contribution in [2.75, 3.05) is 24.7 Å². The molecule has 10 heteroatoms. The summed E-state index contributed by atoms with van der Waals surface area (Å²) >= 11 is 0. The summed E-state index contributed by atoms with van der Waals surface area (Å²) in [5.41, 5.74) is 8.14. The molecule has 0 spiro atoms. The molecule has 1 aromatic carbocycles. The first-order valence-electron chi connectivity index (χ1n) is 9.76. The highest BCUT2D eigenvalue weighted by Gasteiger charge is 2.26. The van der Waals surface area contributed by atoms with Crippen molar-refractivity contribution in [1.82, 2.24) is 20.1 Å². The number of allylic oxidation sites excluding steroid dienone is 1. The molecule has 4 rings (SSSR count). The first-order chi connectivity index (χ1) is 15.3. The van der Waals surface area contributed by atoms with E-state index in [1.165, 1.54) is 18.3 Å². The molecule has 0 aliphatic carbocycles. The minimum Gasteiger partial charge on any atom is -0.482 e. The van der Waals surface area contributed by atoms with Crippen molar-refractivity contribution < 1.29 is 9.13 Å². The van der Waals surface area contributed by atoms with Gasteiger partial charge in [0.15, 0.2) is 11.6 Å². The van der Waals surface area contributed by atoms with E-state index in [-0.39, 0.29) is 23.1 Å². The Kier molecular flexibility index (Phi) is 5.24. The Morgan fingerprint density at radius 1 is 1.34 bits per heavy atom. The highest BCUT2D eigenvalue weighted by molar-refractivity contribution is 6.28. The molecule has 0 amide bonds. The molecule has 162 valence electrons. The number of pyridine rings is 1. The van der Waals surface area contributed by atoms with Crippen LogP contribution in [-0.4, -0.2) is 34.7 Å². The number of nitrogens with zero attached hydrogens (tertiary/aromatic N) is 5. The Balaban J connectivity index is 2.05. The van der Waals surface area contributed by atoms with Crippen molar-refractivity contribution in [2.24, 2.45) is 0 Å². The Morgan fingerprint density at radius 2 is 2.12 bits per heavy atom. The molecule has 0 radical (unpaired) electrons. The van der Waals surface area contributed by atoms with Crippen LogP contribution in [0.5, 0.6) is 5.75 Å². The summed E-state index contributed by atoms with van der Waals surface area (Å²) in [7, 11) is 3.30. The second-order valence-electron chi connectivity index (χ2n) is 7.19. The van der Waals surface area contributed by atoms with Crippen LogP contribution < -0.4 is 20.7 Å². The van der Waals surface area contributed by atoms with Crippen molar-refractivity contribution in [3.8, 4) is 17.5 Å². The number of nitrogens with two attached hydrogens (primary N) is 1. The van der Waals surface area contributed by atoms with Gasteiger partial charge in [0.05, 0.1) is 17.5 Å². The Morgan fingerprint density at radius 3 is 2.84 bits per heavy atom. The highest BCUT2D eigenvalue weighted by atomic mass is 19.1. The average Bonchev–Trinajstić information content (AvgIpc) is 3.27. The largest absolute Gasteiger partial charge is 0.482 e. The first kappa shape index (κ1) is 20.9. The smallest absolute Gasteiger partial charge is 0.166 e. The van der Waals surface area contributed by atoms with Gasteiger partial charge in [-0.1, -0.05) is 0 Å². The average molecular weight is 432 g/mol. The number of halogens is 1. The molecule has 1 aliphatic rings. The number of amidine groups is 1. The minimum atomic E-state index is -0.603. The maximum Gasteiger partial charge on any atom is 0.166 e. The van der Waals surface area contributed by atoms with E-state index in [4.69, 9.17) is 15.9 Å². The maximum atomic E-state index is 14.2. The number of ether oxygens (including phenoxy) is 1. The van der Waals surface area contributed by atoms with E-state index in [0.29, 0.717) is 28.2 Å². The number of hydrogen-bond acceptors (Lipinski definition) is 7. The summed E-state index contributed by atoms with van der Waals surface area (Å²) in [4.78, 5) is 5.80. The zero-order valence-electron chi connectivity index (χ0n) is 17.7. The second-order valence-corrected chi connectivity index (χ2v) is 7.19. The van der Waals surface area contributed by atoms with Gasteiger partial charge in [0.2, 0.25) is 0 Å². The molecule has 1 unspecified atom stereocenters. The van der Waals surface area contributed by atoms with Crippen LogP contribution in [0.1, 0.15) is 24.2 Å². The normalized spacial score (nSPS) is 17.2. The van der Waals surface area contributed by atoms with Crippen LogP contribution in [0.2, 0.25) is 0 Å². The molecule has 2 bridgehead atoms. The van der Waals surface area contributed by atoms with Gasteiger partial charge in [0, 0.05) is 37.5 Å². The van der Waals surface area contributed by atoms with Crippen LogP contribution in [0.15, 0.2) is 48.4 Å². The van der Waals surface area contributed by atoms with Crippen LogP contribution in [0.25, 0.3) is 11.3 Å². The number of nitrogen functional groups attached to an aromatic ring is 1. The molecule has 0 fully saturated rings. The molecular weight excluding hydrogens is 411 g/mol. The number of benzene rings is 1. The van der Waals surface area contributed by atoms with Crippen LogP contribution >= 0.6 is 0 Å². The first-order valence-corrected chi connectivity index (χ1v) is 9.76. The van der Waals surface area contributed by atoms with E-state index >= 15 is 0 Å². The van der Waals surface area contributed by atoms with E-state index < -0.39 is 11.9 Å². The predicted octanol–water partition coefficient (Wildman–Crippen LogP) is 3.01. The van der Waals surface area contributed by atoms with Crippen LogP contribution in [0.3, 0.4) is 0 Å². The van der Waals surface area contributed by atoms with E-state index in [9.17, 15) is 9.65 Å². The summed E-state index contributed by atoms with van der Waals surface area (Å²) in [5, 5.41) is 25.8. The van der Waals surface area contributed by atoms with Crippen LogP contribution in [0.4, 0.5) is 16.0 Å². The lowest BCUT2D eigenvalue weighted by atomic mass is 10.0. The molecule has 2 aromatic heterocycles. The van der Waals surface area contributed by atoms with Crippen molar-refractivity contribution in [2.45, 2.75) is 13.0 Å². The van der Waals surface area contributed by atoms with Gasteiger partial charge in [0.1, 0.15) is 35.3 Å². The van der Waals surface area contributed by atoms with Crippen molar-refractivity contribution in [1.29, 1.82) is 10.7 Å². The molecule has 3 aromatic rings. The van der Waals surface area contributed by atoms with Gasteiger partial charge in [-0.05, 0) is 31.2 Å². The van der Waals surface area contributed by atoms with E-state index in [0.717, 1.165) is 0 Å². The molecule has 4 N–H and O–H groups in total. The lowest BCUT2D eigenvalue weighted by Gasteiger charge is -2.27. The highest BCUT2D eigenvalue weighted by Crippen LogP contribution is 2.35. The summed E-state index contributed by atoms with van der Waals surface area (Å²) in [6, 6.07) is 9.78. The number of rotatable bonds is 1. The molecule has 1 atom stereocenters. The number of likely N-dealkylation sites (N-methyl/N-ethyl adjacent to an activating group) is 1. The summed E-state index contributed by atoms with van der Waals surface area (Å²) < 4.78 is 21.9. The van der Waals surface area contributed by atoms with E-state index in [1.54, 1.807) is 55.0 Å². The zero-order chi connectivity index (χ0) is 23.0. The Hall–Kier alpha value is -4.39. The zero-order valence-corrected chi connectivity index (χ0v) is 17.7. The number of nitriles is 1. The Labute approximate surface area is 184 Å². The van der Waals surface area contributed by atoms with Gasteiger partial charge in [0.25, 0.3) is 0 Å². The molecule has 1 aliphatic heterocycles. The standard InChI is InChI=1S/C22H21FN8O/c1-12-15-9-14(23)4-5-17(15)31-19(6-7-29-31)30(3)22(26)20(16(10-24)27-2)13-8-18(32-12)21(25)28-11-13/h4-9,11-12,26-27H,1-3H3,(H2,25,28)/b20-16-,26-22?. The van der Waals surface area contributed by atoms with Gasteiger partial charge in [-0.2, -0.15) is 10.4 Å². The van der Waals surface area contributed by atoms with Gasteiger partial charge in [-0.25, -0.2) is 14.1 Å². The molecule has 0 saturated heterocycles. The number of aromatic nitrogens is 3. The van der Waals surface area contributed by atoms with E-state index in [1.807, 2.05) is 0 Å². The summed E-state index contributed by atoms with van der Waals surface area (Å²) in [6.07, 6.45) is 2.47. The fourth-order valence-electron chi connectivity index (χ4n) is 3.64. The van der Waals surface area contributed by atoms with Crippen LogP contribution in [-0.2, 0) is 0 Å². The molecule has 32 heavy (non-hydrogen) atoms. The third-order valence-corrected chi connectivity index (χ3v) is 5.28. The lowest BCUT2D eigenvalue weighted by Crippen LogP contribution is -2.31. The lowest BCUT2D eigenvalue weighted by molar-refractivity contribution is 0.226. The SMILES string of the molecule is CN/C(C#N)=C1\C(=N)N(C)c2ccnn2-c2ccc(F)cc2C(C)Oc2cc1cnc2N. The third kappa shape index (κ3) is 3.39. The Bertz CT molecular complexity index is 1290. The van der Waals surface area contributed by atoms with Crippen LogP contribution in [0, 0.1) is 22.6 Å². The monoisotopic (exact) mass is 432 g/mol. The molecule has 9 nitrogen and oxygen atoms in total. The van der Waals surface area contributed by atoms with Gasteiger partial charge in [-0.3, -0.25) is 5.41 Å². The van der Waals surface area contributed by atoms with Gasteiger partial charge in [-0.15, -0.1) is 0 Å². The third-order valence-electron chi connectivity index (χ3n) is 5.28. The van der Waals surface area contributed by atoms with Gasteiger partial charge < -0.3 is 20.7 Å². The van der Waals surface area contributed by atoms with E-state index in [2.05, 4.69) is 21.5 Å². The minimum absolute atomic E-state index is 0.0208. The number of fused-ring (bicyclic) bond motifs is 5. The predicted molar refractivity (Wildman–Crippen MR) is 119 cm³/mol. The van der Waals surface area contributed by atoms with Gasteiger partial charge >= 0.3 is 0 Å². The number of hydrogen-bond donors (Lipinski definition) is 3. The fourth-order valence-corrected chi connectivity index (χ4v) is 3.64. The number of nitrogens with one attached hydrogen (secondary N) is 2. The molecule has 3 heterocycles. The summed E-state index contributed by atoms with van der Waals surface area (Å²) in [5.74, 6) is 0.543. The topological polar surface area (TPSA) is 129 Å². The molecular formula is C22H21FN8O. The second kappa shape index (κ2) is 8.03. The number of anilines is 2. The fraction of sp³-hybridized carbons (Fsp3) is 0.182. The van der Waals surface area contributed by atoms with Crippen molar-refractivity contribution in [3.63, 3.8) is 0 Å².